The van der Waals surface area contributed by atoms with Gasteiger partial charge in [-0.1, -0.05) is 29.8 Å². The fourth-order valence-electron chi connectivity index (χ4n) is 2.19. The monoisotopic (exact) mass is 299 g/mol. The molecule has 0 unspecified atom stereocenters. The lowest BCUT2D eigenvalue weighted by atomic mass is 10.1. The summed E-state index contributed by atoms with van der Waals surface area (Å²) in [6.07, 6.45) is 2.59. The molecule has 1 fully saturated rings. The second-order valence-corrected chi connectivity index (χ2v) is 6.25. The average molecular weight is 300 g/mol. The molecule has 1 aromatic carbocycles. The third-order valence-corrected chi connectivity index (χ3v) is 3.43. The van der Waals surface area contributed by atoms with Crippen molar-refractivity contribution in [3.8, 4) is 0 Å². The second-order valence-electron chi connectivity index (χ2n) is 5.33. The molecule has 0 spiro atoms. The molecule has 1 aromatic rings. The average Bonchev–Trinajstić information content (AvgIpc) is 2.96. The van der Waals surface area contributed by atoms with Gasteiger partial charge in [-0.25, -0.2) is 4.39 Å². The molecular formula is C14H19BrFN. The van der Waals surface area contributed by atoms with E-state index in [2.05, 4.69) is 34.7 Å². The first-order valence-corrected chi connectivity index (χ1v) is 7.03. The fourth-order valence-corrected chi connectivity index (χ4v) is 2.70. The molecule has 0 amide bonds. The summed E-state index contributed by atoms with van der Waals surface area (Å²) in [4.78, 5) is 2.48. The molecule has 0 N–H and O–H groups in total. The van der Waals surface area contributed by atoms with Gasteiger partial charge in [0.15, 0.2) is 0 Å². The minimum absolute atomic E-state index is 0.158. The van der Waals surface area contributed by atoms with Gasteiger partial charge in [-0.2, -0.15) is 0 Å². The van der Waals surface area contributed by atoms with E-state index in [-0.39, 0.29) is 5.82 Å². The van der Waals surface area contributed by atoms with Gasteiger partial charge in [0.1, 0.15) is 5.82 Å². The summed E-state index contributed by atoms with van der Waals surface area (Å²) >= 11 is 3.35. The fraction of sp³-hybridized carbons (Fsp3) is 0.571. The molecule has 0 atom stereocenters. The Balaban J connectivity index is 2.05. The Morgan fingerprint density at radius 2 is 2.06 bits per heavy atom. The zero-order valence-corrected chi connectivity index (χ0v) is 12.0. The molecule has 2 rings (SSSR count). The summed E-state index contributed by atoms with van der Waals surface area (Å²) in [6, 6.07) is 5.88. The van der Waals surface area contributed by atoms with Gasteiger partial charge >= 0.3 is 0 Å². The number of rotatable bonds is 5. The lowest BCUT2D eigenvalue weighted by Gasteiger charge is -2.24. The normalized spacial score (nSPS) is 15.9. The van der Waals surface area contributed by atoms with Gasteiger partial charge in [0.2, 0.25) is 0 Å². The first-order valence-electron chi connectivity index (χ1n) is 6.23. The topological polar surface area (TPSA) is 3.24 Å². The van der Waals surface area contributed by atoms with Gasteiger partial charge < -0.3 is 0 Å². The summed E-state index contributed by atoms with van der Waals surface area (Å²) < 4.78 is 14.1. The molecule has 0 radical (unpaired) electrons. The van der Waals surface area contributed by atoms with E-state index in [0.717, 1.165) is 29.2 Å². The first-order chi connectivity index (χ1) is 8.04. The predicted octanol–water partition coefficient (Wildman–Crippen LogP) is 4.21. The molecule has 0 aromatic heterocycles. The van der Waals surface area contributed by atoms with Crippen molar-refractivity contribution >= 4 is 15.9 Å². The highest BCUT2D eigenvalue weighted by molar-refractivity contribution is 9.10. The van der Waals surface area contributed by atoms with Crippen LogP contribution in [0.15, 0.2) is 22.7 Å². The molecule has 94 valence electrons. The van der Waals surface area contributed by atoms with Crippen molar-refractivity contribution in [1.29, 1.82) is 0 Å². The molecular weight excluding hydrogens is 281 g/mol. The maximum absolute atomic E-state index is 13.3. The van der Waals surface area contributed by atoms with Crippen molar-refractivity contribution in [3.05, 3.63) is 34.1 Å². The Morgan fingerprint density at radius 1 is 1.35 bits per heavy atom. The van der Waals surface area contributed by atoms with Crippen molar-refractivity contribution in [3.63, 3.8) is 0 Å². The minimum atomic E-state index is -0.158. The van der Waals surface area contributed by atoms with Crippen LogP contribution >= 0.6 is 15.9 Å². The number of hydrogen-bond donors (Lipinski definition) is 0. The Morgan fingerprint density at radius 3 is 2.59 bits per heavy atom. The lowest BCUT2D eigenvalue weighted by Crippen LogP contribution is -2.29. The predicted molar refractivity (Wildman–Crippen MR) is 72.4 cm³/mol. The molecule has 0 aliphatic heterocycles. The Labute approximate surface area is 111 Å². The van der Waals surface area contributed by atoms with Crippen molar-refractivity contribution in [2.45, 2.75) is 39.3 Å². The van der Waals surface area contributed by atoms with E-state index in [4.69, 9.17) is 0 Å². The second kappa shape index (κ2) is 5.49. The van der Waals surface area contributed by atoms with E-state index < -0.39 is 0 Å². The summed E-state index contributed by atoms with van der Waals surface area (Å²) in [5, 5.41) is 0. The number of hydrogen-bond acceptors (Lipinski definition) is 1. The van der Waals surface area contributed by atoms with Crippen LogP contribution in [0.5, 0.6) is 0 Å². The van der Waals surface area contributed by atoms with Crippen LogP contribution in [0.1, 0.15) is 32.3 Å². The molecule has 1 nitrogen and oxygen atoms in total. The summed E-state index contributed by atoms with van der Waals surface area (Å²) in [7, 11) is 0. The molecule has 0 saturated heterocycles. The van der Waals surface area contributed by atoms with Crippen LogP contribution < -0.4 is 0 Å². The summed E-state index contributed by atoms with van der Waals surface area (Å²) in [5.41, 5.74) is 1.06. The van der Waals surface area contributed by atoms with E-state index in [1.54, 1.807) is 6.07 Å². The first kappa shape index (κ1) is 13.0. The highest BCUT2D eigenvalue weighted by Crippen LogP contribution is 2.29. The van der Waals surface area contributed by atoms with Crippen LogP contribution in [0.4, 0.5) is 4.39 Å². The van der Waals surface area contributed by atoms with E-state index in [1.165, 1.54) is 18.9 Å². The van der Waals surface area contributed by atoms with Crippen LogP contribution in [0.2, 0.25) is 0 Å². The van der Waals surface area contributed by atoms with Crippen LogP contribution in [-0.4, -0.2) is 17.5 Å². The number of halogens is 2. The van der Waals surface area contributed by atoms with Crippen molar-refractivity contribution < 1.29 is 4.39 Å². The van der Waals surface area contributed by atoms with Crippen molar-refractivity contribution in [1.82, 2.24) is 4.90 Å². The highest BCUT2D eigenvalue weighted by Gasteiger charge is 2.29. The number of nitrogens with zero attached hydrogens (tertiary/aromatic N) is 1. The zero-order chi connectivity index (χ0) is 12.4. The SMILES string of the molecule is CC(C)CN(Cc1cc(F)cc(Br)c1)C1CC1. The Bertz CT molecular complexity index is 368. The van der Waals surface area contributed by atoms with Gasteiger partial charge in [-0.3, -0.25) is 4.90 Å². The standard InChI is InChI=1S/C14H19BrFN/c1-10(2)8-17(14-3-4-14)9-11-5-12(15)7-13(16)6-11/h5-7,10,14H,3-4,8-9H2,1-2H3. The van der Waals surface area contributed by atoms with Crippen LogP contribution in [0.25, 0.3) is 0 Å². The molecule has 3 heteroatoms. The van der Waals surface area contributed by atoms with Crippen LogP contribution in [0.3, 0.4) is 0 Å². The molecule has 1 saturated carbocycles. The van der Waals surface area contributed by atoms with Gasteiger partial charge in [0.05, 0.1) is 0 Å². The van der Waals surface area contributed by atoms with Gasteiger partial charge in [-0.05, 0) is 42.5 Å². The van der Waals surface area contributed by atoms with Gasteiger partial charge in [0.25, 0.3) is 0 Å². The van der Waals surface area contributed by atoms with Crippen molar-refractivity contribution in [2.75, 3.05) is 6.54 Å². The largest absolute Gasteiger partial charge is 0.296 e. The van der Waals surface area contributed by atoms with Gasteiger partial charge in [0, 0.05) is 23.6 Å². The zero-order valence-electron chi connectivity index (χ0n) is 10.4. The Hall–Kier alpha value is -0.410. The van der Waals surface area contributed by atoms with Crippen LogP contribution in [-0.2, 0) is 6.54 Å². The van der Waals surface area contributed by atoms with Crippen LogP contribution in [0, 0.1) is 11.7 Å². The Kier molecular flexibility index (Phi) is 4.21. The molecule has 1 aliphatic carbocycles. The van der Waals surface area contributed by atoms with E-state index >= 15 is 0 Å². The van der Waals surface area contributed by atoms with E-state index in [1.807, 2.05) is 6.07 Å². The molecule has 17 heavy (non-hydrogen) atoms. The lowest BCUT2D eigenvalue weighted by molar-refractivity contribution is 0.226. The number of benzene rings is 1. The maximum atomic E-state index is 13.3. The summed E-state index contributed by atoms with van der Waals surface area (Å²) in [5.74, 6) is 0.502. The van der Waals surface area contributed by atoms with Crippen molar-refractivity contribution in [2.24, 2.45) is 5.92 Å². The van der Waals surface area contributed by atoms with Gasteiger partial charge in [-0.15, -0.1) is 0 Å². The summed E-state index contributed by atoms with van der Waals surface area (Å²) in [6.45, 7) is 6.42. The smallest absolute Gasteiger partial charge is 0.124 e. The van der Waals surface area contributed by atoms with E-state index in [9.17, 15) is 4.39 Å². The molecule has 0 bridgehead atoms. The minimum Gasteiger partial charge on any atom is -0.296 e. The maximum Gasteiger partial charge on any atom is 0.124 e. The highest BCUT2D eigenvalue weighted by atomic mass is 79.9. The molecule has 0 heterocycles. The van der Waals surface area contributed by atoms with E-state index in [0.29, 0.717) is 5.92 Å². The third-order valence-electron chi connectivity index (χ3n) is 2.97. The quantitative estimate of drug-likeness (QED) is 0.787. The molecule has 1 aliphatic rings. The third kappa shape index (κ3) is 4.07.